The molecule has 4 N–H and O–H groups in total. The summed E-state index contributed by atoms with van der Waals surface area (Å²) < 4.78 is 22.4. The van der Waals surface area contributed by atoms with Gasteiger partial charge >= 0.3 is 0 Å². The fourth-order valence-electron chi connectivity index (χ4n) is 2.31. The van der Waals surface area contributed by atoms with Crippen LogP contribution in [0, 0.1) is 0 Å². The minimum absolute atomic E-state index is 0.0785. The highest BCUT2D eigenvalue weighted by molar-refractivity contribution is 7.89. The van der Waals surface area contributed by atoms with Crippen molar-refractivity contribution in [2.75, 3.05) is 37.4 Å². The second-order valence-electron chi connectivity index (χ2n) is 6.08. The van der Waals surface area contributed by atoms with Gasteiger partial charge in [-0.1, -0.05) is 12.1 Å². The zero-order valence-electron chi connectivity index (χ0n) is 14.9. The van der Waals surface area contributed by atoms with Crippen LogP contribution in [0.5, 0.6) is 0 Å². The summed E-state index contributed by atoms with van der Waals surface area (Å²) in [5.74, 6) is -0.108. The number of primary sulfonamides is 1. The zero-order chi connectivity index (χ0) is 19.2. The van der Waals surface area contributed by atoms with Gasteiger partial charge in [0.1, 0.15) is 0 Å². The monoisotopic (exact) mass is 376 g/mol. The van der Waals surface area contributed by atoms with E-state index in [4.69, 9.17) is 5.14 Å². The van der Waals surface area contributed by atoms with Crippen molar-refractivity contribution in [3.8, 4) is 0 Å². The first kappa shape index (κ1) is 19.7. The SMILES string of the molecule is CN(C)c1ccc(NCC(=O)NCCc2ccc(S(N)(=O)=O)cc2)cc1. The Bertz CT molecular complexity index is 832. The highest BCUT2D eigenvalue weighted by Crippen LogP contribution is 2.15. The standard InChI is InChI=1S/C18H24N4O3S/c1-22(2)16-7-5-15(6-8-16)21-13-18(23)20-12-11-14-3-9-17(10-4-14)26(19,24)25/h3-10,21H,11-13H2,1-2H3,(H,20,23)(H2,19,24,25). The van der Waals surface area contributed by atoms with Crippen LogP contribution in [0.3, 0.4) is 0 Å². The minimum atomic E-state index is -3.68. The van der Waals surface area contributed by atoms with Gasteiger partial charge in [-0.2, -0.15) is 0 Å². The Morgan fingerprint density at radius 1 is 1.04 bits per heavy atom. The maximum Gasteiger partial charge on any atom is 0.239 e. The Morgan fingerprint density at radius 2 is 1.65 bits per heavy atom. The Morgan fingerprint density at radius 3 is 2.19 bits per heavy atom. The molecule has 7 nitrogen and oxygen atoms in total. The first-order valence-electron chi connectivity index (χ1n) is 8.15. The van der Waals surface area contributed by atoms with Crippen molar-refractivity contribution in [1.82, 2.24) is 5.32 Å². The molecule has 0 atom stereocenters. The highest BCUT2D eigenvalue weighted by atomic mass is 32.2. The van der Waals surface area contributed by atoms with Gasteiger partial charge in [-0.25, -0.2) is 13.6 Å². The number of nitrogens with one attached hydrogen (secondary N) is 2. The zero-order valence-corrected chi connectivity index (χ0v) is 15.7. The number of benzene rings is 2. The molecule has 0 aliphatic heterocycles. The molecular weight excluding hydrogens is 352 g/mol. The van der Waals surface area contributed by atoms with Gasteiger partial charge in [-0.15, -0.1) is 0 Å². The highest BCUT2D eigenvalue weighted by Gasteiger charge is 2.07. The predicted octanol–water partition coefficient (Wildman–Crippen LogP) is 1.17. The number of nitrogens with two attached hydrogens (primary N) is 1. The molecule has 0 radical (unpaired) electrons. The summed E-state index contributed by atoms with van der Waals surface area (Å²) in [5, 5.41) is 11.0. The van der Waals surface area contributed by atoms with E-state index >= 15 is 0 Å². The lowest BCUT2D eigenvalue weighted by Crippen LogP contribution is -2.31. The van der Waals surface area contributed by atoms with Crippen molar-refractivity contribution in [2.24, 2.45) is 5.14 Å². The van der Waals surface area contributed by atoms with Crippen LogP contribution in [0.15, 0.2) is 53.4 Å². The molecule has 0 aliphatic rings. The van der Waals surface area contributed by atoms with Crippen LogP contribution < -0.4 is 20.7 Å². The second-order valence-corrected chi connectivity index (χ2v) is 7.65. The van der Waals surface area contributed by atoms with Crippen molar-refractivity contribution >= 4 is 27.3 Å². The van der Waals surface area contributed by atoms with Gasteiger partial charge in [0.05, 0.1) is 11.4 Å². The second kappa shape index (κ2) is 8.68. The third kappa shape index (κ3) is 6.05. The topological polar surface area (TPSA) is 105 Å². The molecule has 8 heteroatoms. The van der Waals surface area contributed by atoms with Crippen LogP contribution in [-0.4, -0.2) is 41.5 Å². The molecule has 2 aromatic rings. The summed E-state index contributed by atoms with van der Waals surface area (Å²) in [5.41, 5.74) is 2.89. The van der Waals surface area contributed by atoms with E-state index in [9.17, 15) is 13.2 Å². The molecule has 0 saturated carbocycles. The quantitative estimate of drug-likeness (QED) is 0.641. The van der Waals surface area contributed by atoms with Crippen molar-refractivity contribution in [2.45, 2.75) is 11.3 Å². The first-order chi connectivity index (χ1) is 12.3. The Balaban J connectivity index is 1.73. The third-order valence-corrected chi connectivity index (χ3v) is 4.75. The molecule has 1 amide bonds. The molecule has 0 aromatic heterocycles. The first-order valence-corrected chi connectivity index (χ1v) is 9.70. The molecule has 0 spiro atoms. The number of hydrogen-bond acceptors (Lipinski definition) is 5. The molecule has 0 unspecified atom stereocenters. The van der Waals surface area contributed by atoms with E-state index in [1.54, 1.807) is 12.1 Å². The molecule has 0 saturated heterocycles. The van der Waals surface area contributed by atoms with Crippen molar-refractivity contribution in [3.63, 3.8) is 0 Å². The summed E-state index contributed by atoms with van der Waals surface area (Å²) in [6.07, 6.45) is 0.605. The van der Waals surface area contributed by atoms with E-state index in [2.05, 4.69) is 10.6 Å². The molecule has 26 heavy (non-hydrogen) atoms. The number of anilines is 2. The number of carbonyl (C=O) groups is 1. The van der Waals surface area contributed by atoms with E-state index in [1.807, 2.05) is 43.3 Å². The summed E-state index contributed by atoms with van der Waals surface area (Å²) in [4.78, 5) is 14.0. The predicted molar refractivity (Wildman–Crippen MR) is 104 cm³/mol. The van der Waals surface area contributed by atoms with Crippen LogP contribution in [0.1, 0.15) is 5.56 Å². The van der Waals surface area contributed by atoms with Crippen LogP contribution in [-0.2, 0) is 21.2 Å². The third-order valence-electron chi connectivity index (χ3n) is 3.82. The summed E-state index contributed by atoms with van der Waals surface area (Å²) in [6, 6.07) is 14.1. The maximum absolute atomic E-state index is 11.9. The van der Waals surface area contributed by atoms with E-state index in [0.29, 0.717) is 13.0 Å². The lowest BCUT2D eigenvalue weighted by molar-refractivity contribution is -0.119. The van der Waals surface area contributed by atoms with E-state index in [-0.39, 0.29) is 17.3 Å². The Hall–Kier alpha value is -2.58. The van der Waals surface area contributed by atoms with Gasteiger partial charge < -0.3 is 15.5 Å². The van der Waals surface area contributed by atoms with Gasteiger partial charge in [0.15, 0.2) is 0 Å². The minimum Gasteiger partial charge on any atom is -0.378 e. The molecular formula is C18H24N4O3S. The average Bonchev–Trinajstić information content (AvgIpc) is 2.60. The van der Waals surface area contributed by atoms with Gasteiger partial charge in [0.25, 0.3) is 0 Å². The van der Waals surface area contributed by atoms with Crippen LogP contribution in [0.4, 0.5) is 11.4 Å². The fraction of sp³-hybridized carbons (Fsp3) is 0.278. The molecule has 0 aliphatic carbocycles. The van der Waals surface area contributed by atoms with Crippen LogP contribution in [0.25, 0.3) is 0 Å². The Kier molecular flexibility index (Phi) is 6.59. The molecule has 140 valence electrons. The number of carbonyl (C=O) groups excluding carboxylic acids is 1. The fourth-order valence-corrected chi connectivity index (χ4v) is 2.83. The van der Waals surface area contributed by atoms with Crippen molar-refractivity contribution in [3.05, 3.63) is 54.1 Å². The Labute approximate surface area is 154 Å². The van der Waals surface area contributed by atoms with Gasteiger partial charge in [-0.05, 0) is 48.4 Å². The largest absolute Gasteiger partial charge is 0.378 e. The summed E-state index contributed by atoms with van der Waals surface area (Å²) >= 11 is 0. The lowest BCUT2D eigenvalue weighted by Gasteiger charge is -2.13. The summed E-state index contributed by atoms with van der Waals surface area (Å²) in [6.45, 7) is 0.653. The number of amides is 1. The van der Waals surface area contributed by atoms with Crippen molar-refractivity contribution < 1.29 is 13.2 Å². The molecule has 0 bridgehead atoms. The number of rotatable bonds is 8. The van der Waals surface area contributed by atoms with Gasteiger partial charge in [-0.3, -0.25) is 4.79 Å². The summed E-state index contributed by atoms with van der Waals surface area (Å²) in [7, 11) is 0.266. The van der Waals surface area contributed by atoms with Gasteiger partial charge in [0.2, 0.25) is 15.9 Å². The lowest BCUT2D eigenvalue weighted by atomic mass is 10.1. The van der Waals surface area contributed by atoms with Crippen molar-refractivity contribution in [1.29, 1.82) is 0 Å². The van der Waals surface area contributed by atoms with E-state index in [0.717, 1.165) is 16.9 Å². The van der Waals surface area contributed by atoms with Gasteiger partial charge in [0, 0.05) is 32.0 Å². The molecule has 2 rings (SSSR count). The normalized spacial score (nSPS) is 11.0. The number of sulfonamides is 1. The molecule has 0 fully saturated rings. The smallest absolute Gasteiger partial charge is 0.239 e. The van der Waals surface area contributed by atoms with E-state index in [1.165, 1.54) is 12.1 Å². The van der Waals surface area contributed by atoms with Crippen LogP contribution >= 0.6 is 0 Å². The molecule has 0 heterocycles. The number of nitrogens with zero attached hydrogens (tertiary/aromatic N) is 1. The van der Waals surface area contributed by atoms with Crippen LogP contribution in [0.2, 0.25) is 0 Å². The molecule has 2 aromatic carbocycles. The van der Waals surface area contributed by atoms with E-state index < -0.39 is 10.0 Å². The average molecular weight is 376 g/mol. The maximum atomic E-state index is 11.9. The number of hydrogen-bond donors (Lipinski definition) is 3.